The van der Waals surface area contributed by atoms with Crippen LogP contribution in [0.3, 0.4) is 0 Å². The zero-order valence-corrected chi connectivity index (χ0v) is 14.9. The van der Waals surface area contributed by atoms with Gasteiger partial charge >= 0.3 is 5.97 Å². The highest BCUT2D eigenvalue weighted by Crippen LogP contribution is 2.49. The number of carbonyl (C=O) groups excluding carboxylic acids is 2. The van der Waals surface area contributed by atoms with Crippen LogP contribution in [0, 0.1) is 0 Å². The van der Waals surface area contributed by atoms with Gasteiger partial charge in [-0.3, -0.25) is 9.78 Å². The van der Waals surface area contributed by atoms with Crippen molar-refractivity contribution < 1.29 is 29.3 Å². The molecule has 140 valence electrons. The summed E-state index contributed by atoms with van der Waals surface area (Å²) in [6, 6.07) is 4.42. The third kappa shape index (κ3) is 3.62. The van der Waals surface area contributed by atoms with Crippen LogP contribution in [0.25, 0.3) is 0 Å². The summed E-state index contributed by atoms with van der Waals surface area (Å²) >= 11 is 0. The average Bonchev–Trinajstić information content (AvgIpc) is 2.65. The van der Waals surface area contributed by atoms with Gasteiger partial charge in [-0.15, -0.1) is 0 Å². The molecule has 0 bridgehead atoms. The van der Waals surface area contributed by atoms with Crippen LogP contribution in [0.15, 0.2) is 42.2 Å². The molecule has 27 heavy (non-hydrogen) atoms. The monoisotopic (exact) mass is 369 g/mol. The van der Waals surface area contributed by atoms with E-state index in [1.807, 2.05) is 6.92 Å². The number of hydrogen-bond donors (Lipinski definition) is 2. The molecule has 1 aliphatic heterocycles. The topological polar surface area (TPSA) is 106 Å². The van der Waals surface area contributed by atoms with Crippen molar-refractivity contribution >= 4 is 11.8 Å². The molecule has 1 aromatic carbocycles. The smallest absolute Gasteiger partial charge is 0.339 e. The van der Waals surface area contributed by atoms with Crippen LogP contribution in [0.2, 0.25) is 0 Å². The highest BCUT2D eigenvalue weighted by molar-refractivity contribution is 6.04. The van der Waals surface area contributed by atoms with E-state index in [2.05, 4.69) is 4.98 Å². The highest BCUT2D eigenvalue weighted by Gasteiger charge is 2.35. The number of aromatic nitrogens is 1. The molecule has 0 fully saturated rings. The molecule has 1 aliphatic rings. The van der Waals surface area contributed by atoms with Gasteiger partial charge in [0.25, 0.3) is 0 Å². The first-order chi connectivity index (χ1) is 12.9. The molecule has 0 radical (unpaired) electrons. The first-order valence-corrected chi connectivity index (χ1v) is 8.50. The number of fused-ring (bicyclic) bond motifs is 1. The first-order valence-electron chi connectivity index (χ1n) is 8.50. The molecule has 2 heterocycles. The van der Waals surface area contributed by atoms with Crippen LogP contribution >= 0.6 is 0 Å². The average molecular weight is 369 g/mol. The second-order valence-electron chi connectivity index (χ2n) is 6.15. The Kier molecular flexibility index (Phi) is 5.12. The summed E-state index contributed by atoms with van der Waals surface area (Å²) in [5.74, 6) is -2.45. The van der Waals surface area contributed by atoms with Crippen molar-refractivity contribution in [1.82, 2.24) is 4.98 Å². The van der Waals surface area contributed by atoms with Gasteiger partial charge in [-0.05, 0) is 19.4 Å². The molecule has 2 N–H and O–H groups in total. The van der Waals surface area contributed by atoms with Gasteiger partial charge in [0, 0.05) is 29.6 Å². The molecule has 7 heteroatoms. The van der Waals surface area contributed by atoms with E-state index in [0.29, 0.717) is 17.6 Å². The van der Waals surface area contributed by atoms with Crippen molar-refractivity contribution in [2.75, 3.05) is 0 Å². The second-order valence-corrected chi connectivity index (χ2v) is 6.15. The number of pyridine rings is 1. The van der Waals surface area contributed by atoms with Crippen molar-refractivity contribution in [1.29, 1.82) is 0 Å². The lowest BCUT2D eigenvalue weighted by Crippen LogP contribution is -2.22. The number of carbonyl (C=O) groups is 2. The quantitative estimate of drug-likeness (QED) is 0.483. The van der Waals surface area contributed by atoms with Gasteiger partial charge in [-0.2, -0.15) is 0 Å². The number of Topliss-reactive ketones (excluding diaryl/α,β-unsaturated/α-hetero) is 1. The van der Waals surface area contributed by atoms with E-state index in [0.717, 1.165) is 6.07 Å². The summed E-state index contributed by atoms with van der Waals surface area (Å²) in [7, 11) is 0. The maximum Gasteiger partial charge on any atom is 0.339 e. The van der Waals surface area contributed by atoms with Gasteiger partial charge in [-0.1, -0.05) is 19.1 Å². The first kappa shape index (κ1) is 18.4. The fourth-order valence-electron chi connectivity index (χ4n) is 2.86. The Morgan fingerprint density at radius 3 is 2.85 bits per heavy atom. The number of ether oxygens (including phenoxy) is 2. The summed E-state index contributed by atoms with van der Waals surface area (Å²) in [5, 5.41) is 20.3. The molecule has 0 spiro atoms. The molecular weight excluding hydrogens is 350 g/mol. The Morgan fingerprint density at radius 2 is 2.19 bits per heavy atom. The minimum Gasteiger partial charge on any atom is -0.507 e. The summed E-state index contributed by atoms with van der Waals surface area (Å²) in [6.07, 6.45) is 4.78. The van der Waals surface area contributed by atoms with E-state index >= 15 is 0 Å². The van der Waals surface area contributed by atoms with Crippen LogP contribution < -0.4 is 9.47 Å². The molecule has 0 saturated carbocycles. The second kappa shape index (κ2) is 7.49. The lowest BCUT2D eigenvalue weighted by Gasteiger charge is -2.27. The Bertz CT molecular complexity index is 920. The summed E-state index contributed by atoms with van der Waals surface area (Å²) in [6.45, 7) is 3.46. The van der Waals surface area contributed by atoms with E-state index in [-0.39, 0.29) is 29.3 Å². The number of phenolic OH excluding ortho intramolecular Hbond substituents is 2. The number of benzene rings is 1. The van der Waals surface area contributed by atoms with E-state index in [4.69, 9.17) is 9.47 Å². The van der Waals surface area contributed by atoms with E-state index in [1.54, 1.807) is 37.5 Å². The summed E-state index contributed by atoms with van der Waals surface area (Å²) in [4.78, 5) is 28.8. The molecule has 0 amide bonds. The van der Waals surface area contributed by atoms with Gasteiger partial charge in [-0.25, -0.2) is 4.79 Å². The third-order valence-electron chi connectivity index (χ3n) is 4.19. The molecule has 7 nitrogen and oxygen atoms in total. The minimum absolute atomic E-state index is 0.0147. The van der Waals surface area contributed by atoms with Crippen molar-refractivity contribution in [3.63, 3.8) is 0 Å². The molecule has 1 unspecified atom stereocenters. The number of ketones is 1. The lowest BCUT2D eigenvalue weighted by atomic mass is 9.95. The van der Waals surface area contributed by atoms with Crippen LogP contribution in [-0.4, -0.2) is 26.9 Å². The van der Waals surface area contributed by atoms with Gasteiger partial charge in [0.2, 0.25) is 5.75 Å². The maximum atomic E-state index is 12.6. The van der Waals surface area contributed by atoms with Gasteiger partial charge in [0.05, 0.1) is 6.42 Å². The molecule has 0 saturated heterocycles. The van der Waals surface area contributed by atoms with Crippen molar-refractivity contribution in [2.24, 2.45) is 0 Å². The van der Waals surface area contributed by atoms with Crippen molar-refractivity contribution in [3.05, 3.63) is 53.4 Å². The molecular formula is C20H19NO6. The Hall–Kier alpha value is -3.35. The fraction of sp³-hybridized carbons (Fsp3) is 0.250. The minimum atomic E-state index is -0.681. The van der Waals surface area contributed by atoms with Crippen molar-refractivity contribution in [3.8, 4) is 23.0 Å². The van der Waals surface area contributed by atoms with Crippen LogP contribution in [0.4, 0.5) is 0 Å². The molecule has 1 atom stereocenters. The number of esters is 1. The van der Waals surface area contributed by atoms with E-state index < -0.39 is 23.6 Å². The summed E-state index contributed by atoms with van der Waals surface area (Å²) < 4.78 is 11.1. The van der Waals surface area contributed by atoms with E-state index in [9.17, 15) is 19.8 Å². The third-order valence-corrected chi connectivity index (χ3v) is 4.19. The number of nitrogens with zero attached hydrogens (tertiary/aromatic N) is 1. The predicted molar refractivity (Wildman–Crippen MR) is 96.0 cm³/mol. The van der Waals surface area contributed by atoms with Crippen LogP contribution in [0.5, 0.6) is 23.0 Å². The zero-order chi connectivity index (χ0) is 19.6. The molecule has 1 aromatic heterocycles. The Morgan fingerprint density at radius 1 is 1.41 bits per heavy atom. The Labute approximate surface area is 155 Å². The van der Waals surface area contributed by atoms with E-state index in [1.165, 1.54) is 0 Å². The summed E-state index contributed by atoms with van der Waals surface area (Å²) in [5.41, 5.74) is 0.885. The lowest BCUT2D eigenvalue weighted by molar-refractivity contribution is -0.130. The molecule has 2 aromatic rings. The zero-order valence-electron chi connectivity index (χ0n) is 14.9. The normalized spacial score (nSPS) is 16.4. The Balaban J connectivity index is 2.04. The van der Waals surface area contributed by atoms with Gasteiger partial charge in [0.1, 0.15) is 17.4 Å². The van der Waals surface area contributed by atoms with Crippen LogP contribution in [-0.2, 0) is 4.79 Å². The number of rotatable bonds is 4. The molecule has 3 rings (SSSR count). The largest absolute Gasteiger partial charge is 0.507 e. The number of phenols is 2. The van der Waals surface area contributed by atoms with Gasteiger partial charge in [0.15, 0.2) is 17.3 Å². The number of aromatic hydroxyl groups is 2. The SMILES string of the molecule is CCC=C(C)C(=O)Oc1c(O)cc(O)c2c1OC(c1cccnc1)CC2=O. The maximum absolute atomic E-state index is 12.6. The number of allylic oxidation sites excluding steroid dienone is 1. The highest BCUT2D eigenvalue weighted by atomic mass is 16.6. The number of hydrogen-bond acceptors (Lipinski definition) is 7. The predicted octanol–water partition coefficient (Wildman–Crippen LogP) is 3.46. The molecule has 0 aliphatic carbocycles. The van der Waals surface area contributed by atoms with Gasteiger partial charge < -0.3 is 19.7 Å². The standard InChI is InChI=1S/C20H19NO6/c1-3-5-11(2)20(25)27-18-15(24)8-13(22)17-14(23)9-16(26-19(17)18)12-6-4-7-21-10-12/h4-8,10,16,22,24H,3,9H2,1-2H3. The van der Waals surface area contributed by atoms with Crippen LogP contribution in [0.1, 0.15) is 48.7 Å². The van der Waals surface area contributed by atoms with Crippen molar-refractivity contribution in [2.45, 2.75) is 32.8 Å². The fourth-order valence-corrected chi connectivity index (χ4v) is 2.86.